The highest BCUT2D eigenvalue weighted by atomic mass is 32.2. The van der Waals surface area contributed by atoms with E-state index in [0.717, 1.165) is 17.7 Å². The number of benzene rings is 1. The molecule has 0 aliphatic heterocycles. The van der Waals surface area contributed by atoms with E-state index in [1.807, 2.05) is 18.2 Å². The Morgan fingerprint density at radius 2 is 1.73 bits per heavy atom. The Bertz CT molecular complexity index is 668. The molecular weight excluding hydrogens is 296 g/mol. The van der Waals surface area contributed by atoms with E-state index >= 15 is 0 Å². The number of hydrogen-bond donors (Lipinski definition) is 1. The van der Waals surface area contributed by atoms with E-state index in [2.05, 4.69) is 40.9 Å². The summed E-state index contributed by atoms with van der Waals surface area (Å²) in [6.07, 6.45) is 3.82. The zero-order valence-electron chi connectivity index (χ0n) is 12.8. The van der Waals surface area contributed by atoms with Crippen molar-refractivity contribution in [3.8, 4) is 0 Å². The maximum absolute atomic E-state index is 12.0. The second-order valence-electron chi connectivity index (χ2n) is 5.20. The molecule has 0 spiro atoms. The minimum Gasteiger partial charge on any atom is -0.261 e. The molecule has 0 aliphatic carbocycles. The van der Waals surface area contributed by atoms with Gasteiger partial charge in [-0.25, -0.2) is 13.1 Å². The lowest BCUT2D eigenvalue weighted by atomic mass is 10.1. The third-order valence-corrected chi connectivity index (χ3v) is 4.91. The molecule has 0 amide bonds. The quantitative estimate of drug-likeness (QED) is 0.813. The van der Waals surface area contributed by atoms with Crippen LogP contribution in [0.1, 0.15) is 23.7 Å². The molecule has 0 aliphatic rings. The second kappa shape index (κ2) is 8.06. The number of sulfonamides is 1. The van der Waals surface area contributed by atoms with Crippen molar-refractivity contribution < 1.29 is 8.42 Å². The van der Waals surface area contributed by atoms with Crippen LogP contribution in [0.25, 0.3) is 0 Å². The van der Waals surface area contributed by atoms with Crippen LogP contribution in [-0.2, 0) is 29.3 Å². The summed E-state index contributed by atoms with van der Waals surface area (Å²) in [5.74, 6) is 0.0682. The van der Waals surface area contributed by atoms with Gasteiger partial charge in [0.1, 0.15) is 0 Å². The van der Waals surface area contributed by atoms with Gasteiger partial charge in [-0.3, -0.25) is 4.98 Å². The van der Waals surface area contributed by atoms with Gasteiger partial charge in [0.25, 0.3) is 0 Å². The van der Waals surface area contributed by atoms with Crippen LogP contribution < -0.4 is 4.72 Å². The summed E-state index contributed by atoms with van der Waals surface area (Å²) in [5.41, 5.74) is 3.23. The van der Waals surface area contributed by atoms with Gasteiger partial charge in [-0.15, -0.1) is 0 Å². The van der Waals surface area contributed by atoms with Gasteiger partial charge in [-0.05, 0) is 36.1 Å². The normalized spacial score (nSPS) is 11.5. The van der Waals surface area contributed by atoms with Gasteiger partial charge in [-0.2, -0.15) is 0 Å². The first-order valence-corrected chi connectivity index (χ1v) is 9.19. The topological polar surface area (TPSA) is 59.1 Å². The molecule has 0 atom stereocenters. The van der Waals surface area contributed by atoms with Crippen LogP contribution in [0.3, 0.4) is 0 Å². The predicted molar refractivity (Wildman–Crippen MR) is 89.3 cm³/mol. The zero-order chi connectivity index (χ0) is 15.8. The second-order valence-corrected chi connectivity index (χ2v) is 7.13. The summed E-state index contributed by atoms with van der Waals surface area (Å²) in [4.78, 5) is 4.13. The lowest BCUT2D eigenvalue weighted by Gasteiger charge is -2.07. The highest BCUT2D eigenvalue weighted by molar-refractivity contribution is 7.89. The number of aromatic nitrogens is 1. The Balaban J connectivity index is 1.77. The molecule has 5 heteroatoms. The van der Waals surface area contributed by atoms with Gasteiger partial charge < -0.3 is 0 Å². The molecule has 1 heterocycles. The molecule has 2 aromatic rings. The average molecular weight is 318 g/mol. The van der Waals surface area contributed by atoms with Crippen molar-refractivity contribution in [2.24, 2.45) is 0 Å². The lowest BCUT2D eigenvalue weighted by molar-refractivity contribution is 0.580. The molecule has 0 unspecified atom stereocenters. The predicted octanol–water partition coefficient (Wildman–Crippen LogP) is 2.35. The fourth-order valence-electron chi connectivity index (χ4n) is 2.15. The van der Waals surface area contributed by atoms with Crippen molar-refractivity contribution in [3.05, 3.63) is 65.5 Å². The number of rotatable bonds is 8. The third kappa shape index (κ3) is 5.58. The van der Waals surface area contributed by atoms with Crippen LogP contribution >= 0.6 is 0 Å². The summed E-state index contributed by atoms with van der Waals surface area (Å²) in [6, 6.07) is 13.8. The van der Waals surface area contributed by atoms with Crippen molar-refractivity contribution >= 4 is 10.0 Å². The van der Waals surface area contributed by atoms with Crippen molar-refractivity contribution in [1.29, 1.82) is 0 Å². The van der Waals surface area contributed by atoms with E-state index < -0.39 is 10.0 Å². The highest BCUT2D eigenvalue weighted by Crippen LogP contribution is 2.05. The van der Waals surface area contributed by atoms with Crippen LogP contribution in [0, 0.1) is 0 Å². The van der Waals surface area contributed by atoms with E-state index in [0.29, 0.717) is 19.4 Å². The summed E-state index contributed by atoms with van der Waals surface area (Å²) in [7, 11) is -3.25. The molecular formula is C17H22N2O2S. The van der Waals surface area contributed by atoms with Gasteiger partial charge in [-0.1, -0.05) is 37.3 Å². The molecule has 1 aromatic heterocycles. The smallest absolute Gasteiger partial charge is 0.211 e. The minimum absolute atomic E-state index is 0.0682. The van der Waals surface area contributed by atoms with Gasteiger partial charge in [0, 0.05) is 24.9 Å². The van der Waals surface area contributed by atoms with Gasteiger partial charge in [0.05, 0.1) is 5.75 Å². The lowest BCUT2D eigenvalue weighted by Crippen LogP contribution is -2.29. The van der Waals surface area contributed by atoms with Gasteiger partial charge >= 0.3 is 0 Å². The minimum atomic E-state index is -3.25. The van der Waals surface area contributed by atoms with Gasteiger partial charge in [0.2, 0.25) is 10.0 Å². The van der Waals surface area contributed by atoms with Crippen LogP contribution in [0.2, 0.25) is 0 Å². The van der Waals surface area contributed by atoms with Crippen molar-refractivity contribution in [3.63, 3.8) is 0 Å². The number of nitrogens with zero attached hydrogens (tertiary/aromatic N) is 1. The van der Waals surface area contributed by atoms with E-state index in [1.54, 1.807) is 6.20 Å². The number of pyridine rings is 1. The average Bonchev–Trinajstić information content (AvgIpc) is 2.55. The number of hydrogen-bond acceptors (Lipinski definition) is 3. The molecule has 1 aromatic carbocycles. The van der Waals surface area contributed by atoms with Gasteiger partial charge in [0.15, 0.2) is 0 Å². The monoisotopic (exact) mass is 318 g/mol. The molecule has 4 nitrogen and oxygen atoms in total. The number of nitrogens with one attached hydrogen (secondary N) is 1. The first kappa shape index (κ1) is 16.6. The number of aryl methyl sites for hydroxylation is 2. The summed E-state index contributed by atoms with van der Waals surface area (Å²) in [5, 5.41) is 0. The molecule has 0 radical (unpaired) electrons. The fourth-order valence-corrected chi connectivity index (χ4v) is 3.18. The molecule has 118 valence electrons. The van der Waals surface area contributed by atoms with Crippen molar-refractivity contribution in [2.75, 3.05) is 12.3 Å². The Morgan fingerprint density at radius 3 is 2.36 bits per heavy atom. The maximum Gasteiger partial charge on any atom is 0.211 e. The Hall–Kier alpha value is -1.72. The third-order valence-electron chi connectivity index (χ3n) is 3.52. The Kier molecular flexibility index (Phi) is 6.10. The zero-order valence-corrected chi connectivity index (χ0v) is 13.6. The van der Waals surface area contributed by atoms with Crippen LogP contribution in [-0.4, -0.2) is 25.7 Å². The molecule has 1 N–H and O–H groups in total. The molecule has 0 fully saturated rings. The molecule has 0 saturated heterocycles. The van der Waals surface area contributed by atoms with Crippen LogP contribution in [0.4, 0.5) is 0 Å². The summed E-state index contributed by atoms with van der Waals surface area (Å²) in [6.45, 7) is 2.54. The summed E-state index contributed by atoms with van der Waals surface area (Å²) >= 11 is 0. The Morgan fingerprint density at radius 1 is 1.00 bits per heavy atom. The first-order chi connectivity index (χ1) is 10.6. The van der Waals surface area contributed by atoms with Crippen LogP contribution in [0.5, 0.6) is 0 Å². The molecule has 0 bridgehead atoms. The van der Waals surface area contributed by atoms with E-state index in [1.165, 1.54) is 5.56 Å². The first-order valence-electron chi connectivity index (χ1n) is 7.54. The van der Waals surface area contributed by atoms with E-state index in [4.69, 9.17) is 0 Å². The molecule has 22 heavy (non-hydrogen) atoms. The standard InChI is InChI=1S/C17H22N2O2S/c1-2-15-6-8-16(9-7-15)10-13-19-22(20,21)14-11-17-5-3-4-12-18-17/h3-9,12,19H,2,10-11,13-14H2,1H3. The molecule has 0 saturated carbocycles. The largest absolute Gasteiger partial charge is 0.261 e. The molecule has 2 rings (SSSR count). The van der Waals surface area contributed by atoms with E-state index in [9.17, 15) is 8.42 Å². The fraction of sp³-hybridized carbons (Fsp3) is 0.353. The highest BCUT2D eigenvalue weighted by Gasteiger charge is 2.10. The van der Waals surface area contributed by atoms with Crippen molar-refractivity contribution in [1.82, 2.24) is 9.71 Å². The van der Waals surface area contributed by atoms with Crippen molar-refractivity contribution in [2.45, 2.75) is 26.2 Å². The maximum atomic E-state index is 12.0. The summed E-state index contributed by atoms with van der Waals surface area (Å²) < 4.78 is 26.6. The SMILES string of the molecule is CCc1ccc(CCNS(=O)(=O)CCc2ccccn2)cc1. The Labute approximate surface area is 132 Å². The van der Waals surface area contributed by atoms with Crippen LogP contribution in [0.15, 0.2) is 48.7 Å². The van der Waals surface area contributed by atoms with E-state index in [-0.39, 0.29) is 5.75 Å².